The van der Waals surface area contributed by atoms with Gasteiger partial charge >= 0.3 is 0 Å². The van der Waals surface area contributed by atoms with Crippen LogP contribution in [0.1, 0.15) is 22.8 Å². The second-order valence-electron chi connectivity index (χ2n) is 8.63. The Hall–Kier alpha value is -4.00. The molecular weight excluding hydrogens is 440 g/mol. The van der Waals surface area contributed by atoms with Gasteiger partial charge in [-0.25, -0.2) is 4.98 Å². The number of H-pyrrole nitrogens is 1. The molecule has 0 atom stereocenters. The Kier molecular flexibility index (Phi) is 6.31. The number of fused-ring (bicyclic) bond motifs is 1. The molecule has 7 heteroatoms. The van der Waals surface area contributed by atoms with Gasteiger partial charge in [0, 0.05) is 60.1 Å². The van der Waals surface area contributed by atoms with Crippen LogP contribution in [0.2, 0.25) is 0 Å². The molecule has 1 N–H and O–H groups in total. The number of benzene rings is 2. The van der Waals surface area contributed by atoms with E-state index in [1.165, 1.54) is 5.56 Å². The zero-order valence-electron chi connectivity index (χ0n) is 20.4. The third kappa shape index (κ3) is 4.30. The fourth-order valence-electron chi connectivity index (χ4n) is 4.85. The molecule has 1 aliphatic heterocycles. The van der Waals surface area contributed by atoms with Crippen LogP contribution in [0.25, 0.3) is 22.2 Å². The summed E-state index contributed by atoms with van der Waals surface area (Å²) in [5.41, 5.74) is 4.98. The largest absolute Gasteiger partial charge is 0.493 e. The molecule has 2 aromatic carbocycles. The first-order chi connectivity index (χ1) is 17.1. The summed E-state index contributed by atoms with van der Waals surface area (Å²) >= 11 is 0. The Morgan fingerprint density at radius 1 is 0.971 bits per heavy atom. The fourth-order valence-corrected chi connectivity index (χ4v) is 4.85. The zero-order chi connectivity index (χ0) is 24.4. The maximum atomic E-state index is 13.4. The van der Waals surface area contributed by atoms with Crippen LogP contribution in [0.4, 0.5) is 5.82 Å². The highest BCUT2D eigenvalue weighted by molar-refractivity contribution is 6.00. The second kappa shape index (κ2) is 9.70. The summed E-state index contributed by atoms with van der Waals surface area (Å²) in [6.45, 7) is 5.05. The number of ether oxygens (including phenoxy) is 2. The van der Waals surface area contributed by atoms with E-state index in [1.807, 2.05) is 59.5 Å². The highest BCUT2D eigenvalue weighted by Crippen LogP contribution is 2.36. The third-order valence-electron chi connectivity index (χ3n) is 6.72. The van der Waals surface area contributed by atoms with Gasteiger partial charge < -0.3 is 24.3 Å². The van der Waals surface area contributed by atoms with Crippen molar-refractivity contribution < 1.29 is 14.3 Å². The van der Waals surface area contributed by atoms with Crippen molar-refractivity contribution in [2.45, 2.75) is 13.3 Å². The van der Waals surface area contributed by atoms with Crippen LogP contribution in [0.3, 0.4) is 0 Å². The second-order valence-corrected chi connectivity index (χ2v) is 8.63. The van der Waals surface area contributed by atoms with Gasteiger partial charge in [0.2, 0.25) is 0 Å². The lowest BCUT2D eigenvalue weighted by molar-refractivity contribution is 0.0746. The molecule has 0 aliphatic carbocycles. The van der Waals surface area contributed by atoms with Crippen LogP contribution < -0.4 is 14.4 Å². The van der Waals surface area contributed by atoms with Gasteiger partial charge in [0.05, 0.1) is 14.2 Å². The SMILES string of the molecule is CCc1c(-c2ccc(OC)c(OC)c2)[nH]c2ccc(C(=O)N3CCN(c4ccccn4)CC3)cc12. The van der Waals surface area contributed by atoms with E-state index in [2.05, 4.69) is 21.8 Å². The molecule has 1 saturated heterocycles. The van der Waals surface area contributed by atoms with Crippen LogP contribution in [-0.2, 0) is 6.42 Å². The van der Waals surface area contributed by atoms with Crippen molar-refractivity contribution in [2.24, 2.45) is 0 Å². The molecular formula is C28H30N4O3. The first-order valence-corrected chi connectivity index (χ1v) is 11.9. The maximum absolute atomic E-state index is 13.4. The Bertz CT molecular complexity index is 1340. The lowest BCUT2D eigenvalue weighted by atomic mass is 10.0. The van der Waals surface area contributed by atoms with Crippen molar-refractivity contribution in [3.63, 3.8) is 0 Å². The molecule has 5 rings (SSSR count). The zero-order valence-corrected chi connectivity index (χ0v) is 20.4. The van der Waals surface area contributed by atoms with E-state index in [4.69, 9.17) is 9.47 Å². The number of nitrogens with one attached hydrogen (secondary N) is 1. The van der Waals surface area contributed by atoms with Gasteiger partial charge in [-0.1, -0.05) is 13.0 Å². The normalized spacial score (nSPS) is 13.8. The molecule has 7 nitrogen and oxygen atoms in total. The first-order valence-electron chi connectivity index (χ1n) is 11.9. The number of hydrogen-bond acceptors (Lipinski definition) is 5. The lowest BCUT2D eigenvalue weighted by Crippen LogP contribution is -2.49. The number of hydrogen-bond donors (Lipinski definition) is 1. The Balaban J connectivity index is 1.40. The topological polar surface area (TPSA) is 70.7 Å². The minimum absolute atomic E-state index is 0.0727. The molecule has 0 saturated carbocycles. The molecule has 0 radical (unpaired) electrons. The van der Waals surface area contributed by atoms with Crippen LogP contribution >= 0.6 is 0 Å². The van der Waals surface area contributed by atoms with Crippen molar-refractivity contribution in [1.29, 1.82) is 0 Å². The van der Waals surface area contributed by atoms with Crippen molar-refractivity contribution in [2.75, 3.05) is 45.3 Å². The average Bonchev–Trinajstić information content (AvgIpc) is 3.30. The smallest absolute Gasteiger partial charge is 0.253 e. The van der Waals surface area contributed by atoms with Crippen LogP contribution in [0.15, 0.2) is 60.8 Å². The molecule has 35 heavy (non-hydrogen) atoms. The van der Waals surface area contributed by atoms with E-state index in [0.717, 1.165) is 53.1 Å². The summed E-state index contributed by atoms with van der Waals surface area (Å²) in [7, 11) is 3.27. The predicted octanol–water partition coefficient (Wildman–Crippen LogP) is 4.77. The van der Waals surface area contributed by atoms with E-state index >= 15 is 0 Å². The van der Waals surface area contributed by atoms with Crippen LogP contribution in [0.5, 0.6) is 11.5 Å². The Labute approximate surface area is 205 Å². The summed E-state index contributed by atoms with van der Waals surface area (Å²) < 4.78 is 10.9. The van der Waals surface area contributed by atoms with E-state index in [-0.39, 0.29) is 5.91 Å². The number of amides is 1. The lowest BCUT2D eigenvalue weighted by Gasteiger charge is -2.35. The molecule has 1 aliphatic rings. The number of methoxy groups -OCH3 is 2. The van der Waals surface area contributed by atoms with Gasteiger partial charge in [0.1, 0.15) is 5.82 Å². The quantitative estimate of drug-likeness (QED) is 0.440. The standard InChI is InChI=1S/C28H30N4O3/c1-4-21-22-17-20(28(33)32-15-13-31(14-16-32)26-7-5-6-12-29-26)8-10-23(22)30-27(21)19-9-11-24(34-2)25(18-19)35-3/h5-12,17-18,30H,4,13-16H2,1-3H3. The van der Waals surface area contributed by atoms with Gasteiger partial charge in [-0.3, -0.25) is 4.79 Å². The Morgan fingerprint density at radius 2 is 1.77 bits per heavy atom. The molecule has 2 aromatic heterocycles. The van der Waals surface area contributed by atoms with Gasteiger partial charge in [0.25, 0.3) is 5.91 Å². The third-order valence-corrected chi connectivity index (χ3v) is 6.72. The molecule has 180 valence electrons. The van der Waals surface area contributed by atoms with Crippen molar-refractivity contribution >= 4 is 22.6 Å². The predicted molar refractivity (Wildman–Crippen MR) is 139 cm³/mol. The van der Waals surface area contributed by atoms with Gasteiger partial charge in [0.15, 0.2) is 11.5 Å². The molecule has 3 heterocycles. The molecule has 0 spiro atoms. The number of rotatable bonds is 6. The number of anilines is 1. The number of aromatic nitrogens is 2. The maximum Gasteiger partial charge on any atom is 0.253 e. The van der Waals surface area contributed by atoms with Gasteiger partial charge in [-0.15, -0.1) is 0 Å². The average molecular weight is 471 g/mol. The number of carbonyl (C=O) groups is 1. The summed E-state index contributed by atoms with van der Waals surface area (Å²) in [4.78, 5) is 25.5. The fraction of sp³-hybridized carbons (Fsp3) is 0.286. The van der Waals surface area contributed by atoms with E-state index in [0.29, 0.717) is 24.6 Å². The van der Waals surface area contributed by atoms with Gasteiger partial charge in [-0.05, 0) is 60.5 Å². The molecule has 1 amide bonds. The molecule has 1 fully saturated rings. The van der Waals surface area contributed by atoms with Gasteiger partial charge in [-0.2, -0.15) is 0 Å². The minimum Gasteiger partial charge on any atom is -0.493 e. The van der Waals surface area contributed by atoms with Crippen molar-refractivity contribution in [3.8, 4) is 22.8 Å². The van der Waals surface area contributed by atoms with Crippen LogP contribution in [-0.4, -0.2) is 61.2 Å². The van der Waals surface area contributed by atoms with E-state index in [9.17, 15) is 4.79 Å². The number of nitrogens with zero attached hydrogens (tertiary/aromatic N) is 3. The van der Waals surface area contributed by atoms with Crippen molar-refractivity contribution in [1.82, 2.24) is 14.9 Å². The summed E-state index contributed by atoms with van der Waals surface area (Å²) in [5, 5.41) is 1.08. The van der Waals surface area contributed by atoms with Crippen molar-refractivity contribution in [3.05, 3.63) is 71.9 Å². The van der Waals surface area contributed by atoms with E-state index in [1.54, 1.807) is 20.4 Å². The molecule has 4 aromatic rings. The number of aryl methyl sites for hydroxylation is 1. The molecule has 0 bridgehead atoms. The number of pyridine rings is 1. The number of carbonyl (C=O) groups excluding carboxylic acids is 1. The monoisotopic (exact) mass is 470 g/mol. The summed E-state index contributed by atoms with van der Waals surface area (Å²) in [6, 6.07) is 17.8. The minimum atomic E-state index is 0.0727. The highest BCUT2D eigenvalue weighted by Gasteiger charge is 2.24. The number of aromatic amines is 1. The highest BCUT2D eigenvalue weighted by atomic mass is 16.5. The van der Waals surface area contributed by atoms with E-state index < -0.39 is 0 Å². The summed E-state index contributed by atoms with van der Waals surface area (Å²) in [6.07, 6.45) is 2.64. The first kappa shape index (κ1) is 22.8. The number of piperazine rings is 1. The van der Waals surface area contributed by atoms with Crippen LogP contribution in [0, 0.1) is 0 Å². The Morgan fingerprint density at radius 3 is 2.46 bits per heavy atom. The molecule has 0 unspecified atom stereocenters. The summed E-state index contributed by atoms with van der Waals surface area (Å²) in [5.74, 6) is 2.42.